The van der Waals surface area contributed by atoms with Gasteiger partial charge in [0.2, 0.25) is 0 Å². The standard InChI is InChI=1S/C2H8N2.C2H6O3.4C2H4O2/c3-1-2-4;1-2(3,4)5;4*1-2(3)4/h1-4H2;3-5H,1H3;4*1H3,(H,3,4). The Morgan fingerprint density at radius 1 is 0.640 bits per heavy atom. The van der Waals surface area contributed by atoms with Crippen molar-refractivity contribution in [1.29, 1.82) is 0 Å². The van der Waals surface area contributed by atoms with Gasteiger partial charge >= 0.3 is 0 Å². The van der Waals surface area contributed by atoms with Crippen molar-refractivity contribution in [2.75, 3.05) is 13.1 Å². The average Bonchev–Trinajstić information content (AvgIpc) is 2.22. The summed E-state index contributed by atoms with van der Waals surface area (Å²) in [5.41, 5.74) is 9.81. The first-order valence-electron chi connectivity index (χ1n) is 6.20. The normalized spacial score (nSPS) is 7.60. The van der Waals surface area contributed by atoms with Crippen molar-refractivity contribution in [3.05, 3.63) is 0 Å². The molecule has 0 saturated carbocycles. The summed E-state index contributed by atoms with van der Waals surface area (Å²) in [7, 11) is 0. The van der Waals surface area contributed by atoms with Crippen molar-refractivity contribution in [3.63, 3.8) is 0 Å². The monoisotopic (exact) mass is 378 g/mol. The third-order valence-electron chi connectivity index (χ3n) is 0.167. The number of aliphatic carboxylic acids is 4. The Hall–Kier alpha value is -2.32. The summed E-state index contributed by atoms with van der Waals surface area (Å²) in [4.78, 5) is 36.0. The maximum Gasteiger partial charge on any atom is 0.300 e. The Labute approximate surface area is 145 Å². The molecule has 25 heavy (non-hydrogen) atoms. The van der Waals surface area contributed by atoms with Crippen molar-refractivity contribution < 1.29 is 54.9 Å². The number of carboxylic acids is 4. The maximum absolute atomic E-state index is 9.00. The highest BCUT2D eigenvalue weighted by atomic mass is 16.7. The van der Waals surface area contributed by atoms with Crippen LogP contribution in [0.4, 0.5) is 0 Å². The molecule has 0 unspecified atom stereocenters. The van der Waals surface area contributed by atoms with Crippen molar-refractivity contribution in [2.45, 2.75) is 40.6 Å². The molecule has 0 radical (unpaired) electrons. The molecular weight excluding hydrogens is 348 g/mol. The molecule has 0 aliphatic heterocycles. The Bertz CT molecular complexity index is 256. The molecule has 0 heterocycles. The molecule has 13 nitrogen and oxygen atoms in total. The summed E-state index contributed by atoms with van der Waals surface area (Å²) >= 11 is 0. The fourth-order valence-electron chi connectivity index (χ4n) is 0. The summed E-state index contributed by atoms with van der Waals surface area (Å²) in [6.07, 6.45) is 0. The van der Waals surface area contributed by atoms with E-state index in [9.17, 15) is 0 Å². The molecule has 0 spiro atoms. The van der Waals surface area contributed by atoms with Crippen LogP contribution in [0.1, 0.15) is 34.6 Å². The molecule has 154 valence electrons. The largest absolute Gasteiger partial charge is 0.481 e. The number of carboxylic acid groups (broad SMARTS) is 4. The van der Waals surface area contributed by atoms with E-state index in [-0.39, 0.29) is 0 Å². The fourth-order valence-corrected chi connectivity index (χ4v) is 0. The first-order chi connectivity index (χ1) is 10.8. The van der Waals surface area contributed by atoms with Gasteiger partial charge < -0.3 is 47.2 Å². The van der Waals surface area contributed by atoms with Crippen LogP contribution in [0, 0.1) is 0 Å². The SMILES string of the molecule is CC(=O)O.CC(=O)O.CC(=O)O.CC(=O)O.CC(O)(O)O.NCCN. The van der Waals surface area contributed by atoms with Crippen LogP contribution >= 0.6 is 0 Å². The Morgan fingerprint density at radius 2 is 0.680 bits per heavy atom. The van der Waals surface area contributed by atoms with Crippen LogP contribution in [-0.2, 0) is 19.2 Å². The van der Waals surface area contributed by atoms with Crippen molar-refractivity contribution in [1.82, 2.24) is 0 Å². The summed E-state index contributed by atoms with van der Waals surface area (Å²) in [6.45, 7) is 6.38. The van der Waals surface area contributed by atoms with E-state index in [1.807, 2.05) is 0 Å². The van der Waals surface area contributed by atoms with E-state index in [2.05, 4.69) is 0 Å². The molecule has 0 aromatic carbocycles. The lowest BCUT2D eigenvalue weighted by atomic mass is 10.7. The highest BCUT2D eigenvalue weighted by Crippen LogP contribution is 1.82. The molecule has 0 bridgehead atoms. The minimum Gasteiger partial charge on any atom is -0.481 e. The molecule has 0 aliphatic rings. The molecule has 0 saturated heterocycles. The summed E-state index contributed by atoms with van der Waals surface area (Å²) in [5, 5.41) is 52.6. The highest BCUT2D eigenvalue weighted by molar-refractivity contribution is 5.63. The maximum atomic E-state index is 9.00. The predicted octanol–water partition coefficient (Wildman–Crippen LogP) is -2.10. The van der Waals surface area contributed by atoms with Gasteiger partial charge in [-0.15, -0.1) is 0 Å². The van der Waals surface area contributed by atoms with Crippen LogP contribution in [0.15, 0.2) is 0 Å². The van der Waals surface area contributed by atoms with Crippen LogP contribution in [0.25, 0.3) is 0 Å². The van der Waals surface area contributed by atoms with E-state index < -0.39 is 29.9 Å². The van der Waals surface area contributed by atoms with E-state index in [4.69, 9.17) is 66.4 Å². The van der Waals surface area contributed by atoms with E-state index in [1.54, 1.807) is 0 Å². The van der Waals surface area contributed by atoms with Gasteiger partial charge in [-0.3, -0.25) is 19.2 Å². The zero-order valence-electron chi connectivity index (χ0n) is 14.8. The molecule has 0 atom stereocenters. The molecule has 13 heteroatoms. The Morgan fingerprint density at radius 3 is 0.680 bits per heavy atom. The second kappa shape index (κ2) is 29.7. The van der Waals surface area contributed by atoms with Gasteiger partial charge in [-0.05, 0) is 0 Å². The topological polar surface area (TPSA) is 262 Å². The van der Waals surface area contributed by atoms with Gasteiger partial charge in [-0.25, -0.2) is 0 Å². The quantitative estimate of drug-likeness (QED) is 0.222. The number of nitrogens with two attached hydrogens (primary N) is 2. The van der Waals surface area contributed by atoms with E-state index in [0.717, 1.165) is 34.6 Å². The van der Waals surface area contributed by atoms with Crippen LogP contribution in [-0.4, -0.2) is 78.7 Å². The molecule has 0 aromatic rings. The highest BCUT2D eigenvalue weighted by Gasteiger charge is 2.03. The van der Waals surface area contributed by atoms with Gasteiger partial charge in [0.15, 0.2) is 0 Å². The minimum absolute atomic E-state index is 0.597. The van der Waals surface area contributed by atoms with Gasteiger partial charge in [0.05, 0.1) is 0 Å². The van der Waals surface area contributed by atoms with Gasteiger partial charge in [-0.1, -0.05) is 0 Å². The summed E-state index contributed by atoms with van der Waals surface area (Å²) in [6, 6.07) is 0. The first-order valence-corrected chi connectivity index (χ1v) is 6.20. The molecular formula is C12H30N2O11. The lowest BCUT2D eigenvalue weighted by Crippen LogP contribution is -2.20. The third-order valence-corrected chi connectivity index (χ3v) is 0.167. The Balaban J connectivity index is -0.0000000434. The molecule has 0 fully saturated rings. The fraction of sp³-hybridized carbons (Fsp3) is 0.667. The number of hydrogen-bond donors (Lipinski definition) is 9. The van der Waals surface area contributed by atoms with Gasteiger partial charge in [-0.2, -0.15) is 0 Å². The Kier molecular flexibility index (Phi) is 45.5. The second-order valence-corrected chi connectivity index (χ2v) is 3.62. The molecule has 0 aromatic heterocycles. The average molecular weight is 378 g/mol. The smallest absolute Gasteiger partial charge is 0.300 e. The first kappa shape index (κ1) is 38.3. The predicted molar refractivity (Wildman–Crippen MR) is 86.4 cm³/mol. The zero-order valence-corrected chi connectivity index (χ0v) is 14.8. The molecule has 0 rings (SSSR count). The van der Waals surface area contributed by atoms with Gasteiger partial charge in [0.25, 0.3) is 29.9 Å². The lowest BCUT2D eigenvalue weighted by molar-refractivity contribution is -0.297. The van der Waals surface area contributed by atoms with Crippen LogP contribution < -0.4 is 11.5 Å². The number of carbonyl (C=O) groups is 4. The zero-order chi connectivity index (χ0) is 22.2. The van der Waals surface area contributed by atoms with Crippen LogP contribution in [0.3, 0.4) is 0 Å². The summed E-state index contributed by atoms with van der Waals surface area (Å²) < 4.78 is 0. The third kappa shape index (κ3) is 4820. The van der Waals surface area contributed by atoms with Gasteiger partial charge in [0.1, 0.15) is 0 Å². The summed E-state index contributed by atoms with van der Waals surface area (Å²) in [5.74, 6) is -5.83. The molecule has 0 amide bonds. The van der Waals surface area contributed by atoms with Crippen molar-refractivity contribution in [2.24, 2.45) is 11.5 Å². The number of rotatable bonds is 1. The van der Waals surface area contributed by atoms with Crippen molar-refractivity contribution >= 4 is 23.9 Å². The molecule has 11 N–H and O–H groups in total. The van der Waals surface area contributed by atoms with E-state index in [1.165, 1.54) is 0 Å². The van der Waals surface area contributed by atoms with Crippen LogP contribution in [0.5, 0.6) is 0 Å². The van der Waals surface area contributed by atoms with E-state index in [0.29, 0.717) is 13.1 Å². The minimum atomic E-state index is -2.50. The molecule has 0 aliphatic carbocycles. The van der Waals surface area contributed by atoms with Crippen molar-refractivity contribution in [3.8, 4) is 0 Å². The lowest BCUT2D eigenvalue weighted by Gasteiger charge is -2.01. The van der Waals surface area contributed by atoms with Crippen LogP contribution in [0.2, 0.25) is 0 Å². The van der Waals surface area contributed by atoms with Gasteiger partial charge in [0, 0.05) is 47.7 Å². The van der Waals surface area contributed by atoms with E-state index >= 15 is 0 Å². The number of hydrogen-bond acceptors (Lipinski definition) is 9. The second-order valence-electron chi connectivity index (χ2n) is 3.62. The number of aliphatic hydroxyl groups is 3.